The molecule has 0 saturated heterocycles. The summed E-state index contributed by atoms with van der Waals surface area (Å²) >= 11 is 1.69. The predicted molar refractivity (Wildman–Crippen MR) is 71.5 cm³/mol. The lowest BCUT2D eigenvalue weighted by molar-refractivity contribution is 0.579. The van der Waals surface area contributed by atoms with Crippen LogP contribution in [-0.4, -0.2) is 4.40 Å². The molecular formula is C13H14N2OS. The number of nitrogens with two attached hydrogens (primary N) is 1. The summed E-state index contributed by atoms with van der Waals surface area (Å²) in [6.45, 7) is 4.31. The third-order valence-electron chi connectivity index (χ3n) is 2.96. The molecule has 0 bridgehead atoms. The second-order valence-electron chi connectivity index (χ2n) is 4.41. The van der Waals surface area contributed by atoms with Gasteiger partial charge in [-0.15, -0.1) is 11.3 Å². The molecule has 0 aliphatic heterocycles. The molecule has 0 saturated carbocycles. The molecule has 0 radical (unpaired) electrons. The minimum absolute atomic E-state index is 0.437. The van der Waals surface area contributed by atoms with Crippen LogP contribution in [0.3, 0.4) is 0 Å². The smallest absolute Gasteiger partial charge is 0.151 e. The van der Waals surface area contributed by atoms with Crippen LogP contribution in [0.2, 0.25) is 0 Å². The lowest BCUT2D eigenvalue weighted by Crippen LogP contribution is -1.97. The highest BCUT2D eigenvalue weighted by atomic mass is 32.1. The summed E-state index contributed by atoms with van der Waals surface area (Å²) in [5, 5.41) is 2.08. The molecule has 2 N–H and O–H groups in total. The molecular weight excluding hydrogens is 232 g/mol. The summed E-state index contributed by atoms with van der Waals surface area (Å²) in [5.41, 5.74) is 8.45. The molecule has 0 spiro atoms. The van der Waals surface area contributed by atoms with E-state index in [1.807, 2.05) is 12.1 Å². The van der Waals surface area contributed by atoms with Gasteiger partial charge in [-0.05, 0) is 29.7 Å². The number of furan rings is 1. The number of anilines is 1. The molecule has 0 unspecified atom stereocenters. The molecule has 17 heavy (non-hydrogen) atoms. The van der Waals surface area contributed by atoms with E-state index in [0.29, 0.717) is 5.92 Å². The van der Waals surface area contributed by atoms with Gasteiger partial charge < -0.3 is 10.2 Å². The van der Waals surface area contributed by atoms with E-state index in [-0.39, 0.29) is 0 Å². The lowest BCUT2D eigenvalue weighted by atomic mass is 10.1. The zero-order valence-corrected chi connectivity index (χ0v) is 10.6. The fourth-order valence-electron chi connectivity index (χ4n) is 2.08. The van der Waals surface area contributed by atoms with Gasteiger partial charge in [-0.25, -0.2) is 0 Å². The first-order valence-corrected chi connectivity index (χ1v) is 6.48. The Morgan fingerprint density at radius 1 is 1.41 bits per heavy atom. The van der Waals surface area contributed by atoms with E-state index < -0.39 is 0 Å². The van der Waals surface area contributed by atoms with Gasteiger partial charge in [0.2, 0.25) is 0 Å². The van der Waals surface area contributed by atoms with E-state index in [1.54, 1.807) is 17.6 Å². The highest BCUT2D eigenvalue weighted by Gasteiger charge is 2.16. The predicted octanol–water partition coefficient (Wildman–Crippen LogP) is 3.97. The third-order valence-corrected chi connectivity index (χ3v) is 3.85. The molecule has 0 atom stereocenters. The van der Waals surface area contributed by atoms with Gasteiger partial charge in [0.1, 0.15) is 16.3 Å². The Morgan fingerprint density at radius 3 is 2.88 bits per heavy atom. The van der Waals surface area contributed by atoms with E-state index in [2.05, 4.69) is 29.7 Å². The Balaban J connectivity index is 2.28. The second kappa shape index (κ2) is 3.67. The van der Waals surface area contributed by atoms with Crippen LogP contribution in [0.15, 0.2) is 34.3 Å². The van der Waals surface area contributed by atoms with E-state index in [4.69, 9.17) is 10.2 Å². The molecule has 0 fully saturated rings. The second-order valence-corrected chi connectivity index (χ2v) is 5.30. The Morgan fingerprint density at radius 2 is 2.24 bits per heavy atom. The van der Waals surface area contributed by atoms with Crippen LogP contribution in [0.5, 0.6) is 0 Å². The van der Waals surface area contributed by atoms with E-state index in [1.165, 1.54) is 5.56 Å². The van der Waals surface area contributed by atoms with Gasteiger partial charge in [-0.3, -0.25) is 4.40 Å². The number of nitrogen functional groups attached to an aromatic ring is 1. The van der Waals surface area contributed by atoms with Crippen molar-refractivity contribution in [2.45, 2.75) is 19.8 Å². The summed E-state index contributed by atoms with van der Waals surface area (Å²) < 4.78 is 7.51. The number of nitrogens with zero attached hydrogens (tertiary/aromatic N) is 1. The Labute approximate surface area is 103 Å². The standard InChI is InChI=1S/C13H14N2OS/c1-8(2)9-6-12-15(13(9)14)10(7-17-12)11-4-3-5-16-11/h3-8H,14H2,1-2H3. The van der Waals surface area contributed by atoms with Gasteiger partial charge in [0.05, 0.1) is 6.26 Å². The molecule has 88 valence electrons. The molecule has 3 nitrogen and oxygen atoms in total. The third kappa shape index (κ3) is 1.48. The average molecular weight is 246 g/mol. The zero-order chi connectivity index (χ0) is 12.0. The van der Waals surface area contributed by atoms with Crippen LogP contribution in [-0.2, 0) is 0 Å². The number of thiazole rings is 1. The largest absolute Gasteiger partial charge is 0.463 e. The number of fused-ring (bicyclic) bond motifs is 1. The van der Waals surface area contributed by atoms with Crippen LogP contribution in [0.1, 0.15) is 25.3 Å². The molecule has 3 aromatic rings. The van der Waals surface area contributed by atoms with Gasteiger partial charge in [0.15, 0.2) is 5.76 Å². The SMILES string of the molecule is CC(C)c1cc2scc(-c3ccco3)n2c1N. The van der Waals surface area contributed by atoms with Crippen LogP contribution in [0.25, 0.3) is 16.3 Å². The highest BCUT2D eigenvalue weighted by Crippen LogP contribution is 2.34. The Kier molecular flexibility index (Phi) is 2.26. The zero-order valence-electron chi connectivity index (χ0n) is 9.81. The minimum atomic E-state index is 0.437. The number of hydrogen-bond acceptors (Lipinski definition) is 3. The normalized spacial score (nSPS) is 11.7. The van der Waals surface area contributed by atoms with E-state index in [0.717, 1.165) is 22.1 Å². The molecule has 3 rings (SSSR count). The molecule has 3 aromatic heterocycles. The van der Waals surface area contributed by atoms with Crippen molar-refractivity contribution in [2.75, 3.05) is 5.73 Å². The summed E-state index contributed by atoms with van der Waals surface area (Å²) in [4.78, 5) is 1.16. The molecule has 0 aromatic carbocycles. The van der Waals surface area contributed by atoms with Gasteiger partial charge in [-0.1, -0.05) is 13.8 Å². The Hall–Kier alpha value is -1.68. The minimum Gasteiger partial charge on any atom is -0.463 e. The first-order chi connectivity index (χ1) is 8.18. The Bertz CT molecular complexity index is 646. The summed E-state index contributed by atoms with van der Waals surface area (Å²) in [6, 6.07) is 6.01. The quantitative estimate of drug-likeness (QED) is 0.743. The van der Waals surface area contributed by atoms with Gasteiger partial charge in [-0.2, -0.15) is 0 Å². The maximum atomic E-state index is 6.22. The van der Waals surface area contributed by atoms with Crippen molar-refractivity contribution in [3.63, 3.8) is 0 Å². The lowest BCUT2D eigenvalue weighted by Gasteiger charge is -2.04. The molecule has 0 amide bonds. The van der Waals surface area contributed by atoms with Crippen LogP contribution in [0, 0.1) is 0 Å². The summed E-state index contributed by atoms with van der Waals surface area (Å²) in [5.74, 6) is 2.11. The van der Waals surface area contributed by atoms with Gasteiger partial charge >= 0.3 is 0 Å². The van der Waals surface area contributed by atoms with Gasteiger partial charge in [0, 0.05) is 5.38 Å². The number of hydrogen-bond donors (Lipinski definition) is 1. The van der Waals surface area contributed by atoms with Crippen molar-refractivity contribution >= 4 is 22.0 Å². The number of aromatic nitrogens is 1. The van der Waals surface area contributed by atoms with Crippen LogP contribution >= 0.6 is 11.3 Å². The van der Waals surface area contributed by atoms with Crippen LogP contribution in [0.4, 0.5) is 5.82 Å². The van der Waals surface area contributed by atoms with E-state index in [9.17, 15) is 0 Å². The first kappa shape index (κ1) is 10.5. The molecule has 3 heterocycles. The van der Waals surface area contributed by atoms with Crippen LogP contribution < -0.4 is 5.73 Å². The van der Waals surface area contributed by atoms with E-state index >= 15 is 0 Å². The van der Waals surface area contributed by atoms with Gasteiger partial charge in [0.25, 0.3) is 0 Å². The molecule has 0 aliphatic rings. The molecule has 4 heteroatoms. The fourth-order valence-corrected chi connectivity index (χ4v) is 3.03. The highest BCUT2D eigenvalue weighted by molar-refractivity contribution is 7.16. The van der Waals surface area contributed by atoms with Crippen molar-refractivity contribution in [2.24, 2.45) is 0 Å². The monoisotopic (exact) mass is 246 g/mol. The van der Waals surface area contributed by atoms with Crippen molar-refractivity contribution in [3.05, 3.63) is 35.4 Å². The first-order valence-electron chi connectivity index (χ1n) is 5.60. The molecule has 0 aliphatic carbocycles. The van der Waals surface area contributed by atoms with Crippen molar-refractivity contribution in [1.82, 2.24) is 4.40 Å². The topological polar surface area (TPSA) is 43.6 Å². The maximum Gasteiger partial charge on any atom is 0.151 e. The fraction of sp³-hybridized carbons (Fsp3) is 0.231. The summed E-state index contributed by atoms with van der Waals surface area (Å²) in [6.07, 6.45) is 1.68. The van der Waals surface area contributed by atoms with Crippen molar-refractivity contribution in [1.29, 1.82) is 0 Å². The van der Waals surface area contributed by atoms with Crippen molar-refractivity contribution in [3.8, 4) is 11.5 Å². The number of rotatable bonds is 2. The van der Waals surface area contributed by atoms with Crippen molar-refractivity contribution < 1.29 is 4.42 Å². The maximum absolute atomic E-state index is 6.22. The summed E-state index contributed by atoms with van der Waals surface area (Å²) in [7, 11) is 0. The average Bonchev–Trinajstić information content (AvgIpc) is 2.95.